The minimum Gasteiger partial charge on any atom is -0.497 e. The zero-order valence-corrected chi connectivity index (χ0v) is 17.5. The lowest BCUT2D eigenvalue weighted by molar-refractivity contribution is 0.0670. The highest BCUT2D eigenvalue weighted by molar-refractivity contribution is 7.15. The predicted octanol–water partition coefficient (Wildman–Crippen LogP) is 3.90. The van der Waals surface area contributed by atoms with Crippen LogP contribution < -0.4 is 9.47 Å². The largest absolute Gasteiger partial charge is 0.497 e. The first-order valence-electron chi connectivity index (χ1n) is 9.64. The van der Waals surface area contributed by atoms with Crippen LogP contribution in [0, 0.1) is 6.92 Å². The van der Waals surface area contributed by atoms with Crippen LogP contribution in [-0.2, 0) is 17.8 Å². The maximum Gasteiger partial charge on any atom is 0.194 e. The van der Waals surface area contributed by atoms with E-state index in [0.717, 1.165) is 66.8 Å². The van der Waals surface area contributed by atoms with E-state index >= 15 is 0 Å². The molecular weight excluding hydrogens is 374 g/mol. The Bertz CT molecular complexity index is 930. The second kappa shape index (κ2) is 8.51. The minimum atomic E-state index is 0.287. The van der Waals surface area contributed by atoms with Crippen LogP contribution in [0.3, 0.4) is 0 Å². The van der Waals surface area contributed by atoms with E-state index in [2.05, 4.69) is 33.9 Å². The lowest BCUT2D eigenvalue weighted by Crippen LogP contribution is -2.32. The van der Waals surface area contributed by atoms with Crippen molar-refractivity contribution in [1.29, 1.82) is 0 Å². The molecule has 0 spiro atoms. The molecule has 1 aliphatic rings. The van der Waals surface area contributed by atoms with Gasteiger partial charge in [-0.05, 0) is 25.8 Å². The minimum absolute atomic E-state index is 0.287. The molecule has 3 heterocycles. The molecule has 0 N–H and O–H groups in total. The zero-order valence-electron chi connectivity index (χ0n) is 16.7. The Labute approximate surface area is 169 Å². The highest BCUT2D eigenvalue weighted by Crippen LogP contribution is 2.28. The molecule has 1 atom stereocenters. The van der Waals surface area contributed by atoms with E-state index in [0.29, 0.717) is 0 Å². The molecule has 1 aromatic carbocycles. The third-order valence-corrected chi connectivity index (χ3v) is 6.07. The molecule has 2 aromatic heterocycles. The Kier molecular flexibility index (Phi) is 5.85. The maximum atomic E-state index is 5.92. The lowest BCUT2D eigenvalue weighted by atomic mass is 10.1. The number of benzene rings is 1. The van der Waals surface area contributed by atoms with Crippen molar-refractivity contribution in [2.45, 2.75) is 39.0 Å². The molecular formula is C21H27N3O3S. The fourth-order valence-electron chi connectivity index (χ4n) is 3.83. The summed E-state index contributed by atoms with van der Waals surface area (Å²) in [6, 6.07) is 6.02. The number of thiazole rings is 1. The molecule has 0 amide bonds. The Morgan fingerprint density at radius 2 is 2.18 bits per heavy atom. The van der Waals surface area contributed by atoms with Crippen molar-refractivity contribution >= 4 is 16.3 Å². The summed E-state index contributed by atoms with van der Waals surface area (Å²) < 4.78 is 19.1. The van der Waals surface area contributed by atoms with Crippen molar-refractivity contribution in [3.05, 3.63) is 46.7 Å². The average molecular weight is 402 g/mol. The third-order valence-electron chi connectivity index (χ3n) is 5.31. The van der Waals surface area contributed by atoms with Crippen molar-refractivity contribution in [1.82, 2.24) is 14.3 Å². The molecule has 4 rings (SSSR count). The number of hydrogen-bond donors (Lipinski definition) is 0. The van der Waals surface area contributed by atoms with E-state index in [-0.39, 0.29) is 6.10 Å². The maximum absolute atomic E-state index is 5.92. The number of aryl methyl sites for hydroxylation is 1. The molecule has 150 valence electrons. The van der Waals surface area contributed by atoms with Crippen molar-refractivity contribution in [2.75, 3.05) is 27.4 Å². The number of nitrogens with zero attached hydrogens (tertiary/aromatic N) is 3. The SMILES string of the molecule is COc1ccc(CN(Cc2c(C)nc3sccn23)C[C@H]2CCCO2)c(OC)c1. The van der Waals surface area contributed by atoms with Crippen LogP contribution >= 0.6 is 11.3 Å². The van der Waals surface area contributed by atoms with Crippen LogP contribution in [0.1, 0.15) is 29.8 Å². The number of hydrogen-bond acceptors (Lipinski definition) is 6. The topological polar surface area (TPSA) is 48.2 Å². The van der Waals surface area contributed by atoms with Crippen molar-refractivity contribution in [3.63, 3.8) is 0 Å². The lowest BCUT2D eigenvalue weighted by Gasteiger charge is -2.26. The molecule has 1 fully saturated rings. The molecule has 0 unspecified atom stereocenters. The summed E-state index contributed by atoms with van der Waals surface area (Å²) in [7, 11) is 3.38. The van der Waals surface area contributed by atoms with Crippen molar-refractivity contribution in [3.8, 4) is 11.5 Å². The first kappa shape index (κ1) is 19.2. The number of rotatable bonds is 8. The van der Waals surface area contributed by atoms with Gasteiger partial charge in [0.25, 0.3) is 0 Å². The smallest absolute Gasteiger partial charge is 0.194 e. The normalized spacial score (nSPS) is 16.9. The van der Waals surface area contributed by atoms with E-state index in [1.54, 1.807) is 25.6 Å². The number of aromatic nitrogens is 2. The second-order valence-electron chi connectivity index (χ2n) is 7.18. The van der Waals surface area contributed by atoms with Gasteiger partial charge in [0.1, 0.15) is 11.5 Å². The van der Waals surface area contributed by atoms with Crippen LogP contribution in [-0.4, -0.2) is 47.8 Å². The van der Waals surface area contributed by atoms with Crippen LogP contribution in [0.5, 0.6) is 11.5 Å². The molecule has 1 saturated heterocycles. The molecule has 0 aliphatic carbocycles. The number of fused-ring (bicyclic) bond motifs is 1. The van der Waals surface area contributed by atoms with Gasteiger partial charge in [-0.25, -0.2) is 4.98 Å². The van der Waals surface area contributed by atoms with Gasteiger partial charge in [-0.2, -0.15) is 0 Å². The second-order valence-corrected chi connectivity index (χ2v) is 8.05. The Balaban J connectivity index is 1.60. The Hall–Kier alpha value is -2.09. The molecule has 0 saturated carbocycles. The Morgan fingerprint density at radius 3 is 2.93 bits per heavy atom. The quantitative estimate of drug-likeness (QED) is 0.573. The first-order chi connectivity index (χ1) is 13.7. The van der Waals surface area contributed by atoms with E-state index in [4.69, 9.17) is 19.2 Å². The van der Waals surface area contributed by atoms with Crippen LogP contribution in [0.2, 0.25) is 0 Å². The van der Waals surface area contributed by atoms with Gasteiger partial charge in [-0.3, -0.25) is 9.30 Å². The summed E-state index contributed by atoms with van der Waals surface area (Å²) in [5.41, 5.74) is 3.47. The van der Waals surface area contributed by atoms with Crippen LogP contribution in [0.25, 0.3) is 4.96 Å². The summed E-state index contributed by atoms with van der Waals surface area (Å²) in [5, 5.41) is 2.09. The molecule has 6 nitrogen and oxygen atoms in total. The number of methoxy groups -OCH3 is 2. The first-order valence-corrected chi connectivity index (χ1v) is 10.5. The van der Waals surface area contributed by atoms with Gasteiger partial charge in [-0.15, -0.1) is 11.3 Å². The fraction of sp³-hybridized carbons (Fsp3) is 0.476. The average Bonchev–Trinajstić information content (AvgIpc) is 3.42. The van der Waals surface area contributed by atoms with Crippen molar-refractivity contribution in [2.24, 2.45) is 0 Å². The number of imidazole rings is 1. The fourth-order valence-corrected chi connectivity index (χ4v) is 4.61. The summed E-state index contributed by atoms with van der Waals surface area (Å²) in [5.74, 6) is 1.65. The molecule has 7 heteroatoms. The van der Waals surface area contributed by atoms with Gasteiger partial charge >= 0.3 is 0 Å². The summed E-state index contributed by atoms with van der Waals surface area (Å²) in [6.45, 7) is 5.45. The predicted molar refractivity (Wildman–Crippen MR) is 110 cm³/mol. The van der Waals surface area contributed by atoms with E-state index in [9.17, 15) is 0 Å². The zero-order chi connectivity index (χ0) is 19.5. The molecule has 28 heavy (non-hydrogen) atoms. The number of ether oxygens (including phenoxy) is 3. The standard InChI is InChI=1S/C21H27N3O3S/c1-15-19(24-8-10-28-21(24)22-15)14-23(13-18-5-4-9-27-18)12-16-6-7-17(25-2)11-20(16)26-3/h6-8,10-11,18H,4-5,9,12-14H2,1-3H3/t18-/m1/s1. The van der Waals surface area contributed by atoms with Gasteiger partial charge in [-0.1, -0.05) is 6.07 Å². The molecule has 3 aromatic rings. The highest BCUT2D eigenvalue weighted by Gasteiger charge is 2.22. The van der Waals surface area contributed by atoms with Gasteiger partial charge < -0.3 is 14.2 Å². The van der Waals surface area contributed by atoms with Crippen molar-refractivity contribution < 1.29 is 14.2 Å². The molecule has 1 aliphatic heterocycles. The molecule has 0 radical (unpaired) electrons. The third kappa shape index (κ3) is 4.01. The van der Waals surface area contributed by atoms with Gasteiger partial charge in [0.2, 0.25) is 0 Å². The van der Waals surface area contributed by atoms with E-state index in [1.807, 2.05) is 12.1 Å². The molecule has 0 bridgehead atoms. The summed E-state index contributed by atoms with van der Waals surface area (Å²) >= 11 is 1.67. The van der Waals surface area contributed by atoms with Crippen LogP contribution in [0.4, 0.5) is 0 Å². The monoisotopic (exact) mass is 401 g/mol. The summed E-state index contributed by atoms with van der Waals surface area (Å²) in [4.78, 5) is 8.19. The van der Waals surface area contributed by atoms with E-state index in [1.165, 1.54) is 5.69 Å². The highest BCUT2D eigenvalue weighted by atomic mass is 32.1. The van der Waals surface area contributed by atoms with Gasteiger partial charge in [0.05, 0.1) is 31.7 Å². The Morgan fingerprint density at radius 1 is 1.29 bits per heavy atom. The van der Waals surface area contributed by atoms with Gasteiger partial charge in [0.15, 0.2) is 4.96 Å². The summed E-state index contributed by atoms with van der Waals surface area (Å²) in [6.07, 6.45) is 4.66. The van der Waals surface area contributed by atoms with Crippen LogP contribution in [0.15, 0.2) is 29.8 Å². The van der Waals surface area contributed by atoms with Gasteiger partial charge in [0, 0.05) is 49.4 Å². The van der Waals surface area contributed by atoms with E-state index < -0.39 is 0 Å².